The lowest BCUT2D eigenvalue weighted by molar-refractivity contribution is -0.169. The molecule has 10 aliphatic rings. The number of fused-ring (bicyclic) bond motifs is 11. The maximum Gasteiger partial charge on any atom is 0.265 e. The first-order valence-corrected chi connectivity index (χ1v) is 19.6. The molecule has 10 heterocycles. The van der Waals surface area contributed by atoms with Crippen LogP contribution in [-0.2, 0) is 30.0 Å². The zero-order valence-electron chi connectivity index (χ0n) is 25.3. The molecule has 0 radical (unpaired) electrons. The lowest BCUT2D eigenvalue weighted by Gasteiger charge is -2.59. The highest BCUT2D eigenvalue weighted by Crippen LogP contribution is 2.78. The predicted octanol–water partition coefficient (Wildman–Crippen LogP) is 2.75. The third-order valence-electron chi connectivity index (χ3n) is 12.2. The van der Waals surface area contributed by atoms with Gasteiger partial charge in [-0.25, -0.2) is 0 Å². The first-order valence-electron chi connectivity index (χ1n) is 15.3. The number of aliphatic hydroxyl groups is 1. The number of piperazine rings is 2. The molecule has 15 heteroatoms. The summed E-state index contributed by atoms with van der Waals surface area (Å²) in [6, 6.07) is 16.0. The fourth-order valence-corrected chi connectivity index (χ4v) is 17.5. The van der Waals surface area contributed by atoms with Gasteiger partial charge in [-0.15, -0.1) is 0 Å². The van der Waals surface area contributed by atoms with Gasteiger partial charge in [0.2, 0.25) is 4.87 Å². The van der Waals surface area contributed by atoms with Crippen molar-refractivity contribution < 1.29 is 24.3 Å². The second kappa shape index (κ2) is 8.11. The summed E-state index contributed by atoms with van der Waals surface area (Å²) >= 11 is 0. The molecule has 11 nitrogen and oxygen atoms in total. The number of carbonyl (C=O) groups is 4. The number of nitrogens with zero attached hydrogens (tertiary/aromatic N) is 4. The molecule has 3 N–H and O–H groups in total. The minimum atomic E-state index is -1.49. The van der Waals surface area contributed by atoms with Gasteiger partial charge in [0, 0.05) is 38.3 Å². The Morgan fingerprint density at radius 3 is 1.74 bits per heavy atom. The number of hydrogen-bond acceptors (Lipinski definition) is 11. The van der Waals surface area contributed by atoms with E-state index in [1.165, 1.54) is 48.1 Å². The molecule has 0 saturated carbocycles. The average molecular weight is 695 g/mol. The van der Waals surface area contributed by atoms with E-state index in [0.29, 0.717) is 6.42 Å². The summed E-state index contributed by atoms with van der Waals surface area (Å²) < 4.78 is 0. The molecule has 8 saturated heterocycles. The van der Waals surface area contributed by atoms with Crippen molar-refractivity contribution in [3.05, 3.63) is 59.7 Å². The van der Waals surface area contributed by atoms with Gasteiger partial charge in [0.05, 0.1) is 16.9 Å². The minimum Gasteiger partial charge on any atom is -0.389 e. The Labute approximate surface area is 280 Å². The predicted molar refractivity (Wildman–Crippen MR) is 178 cm³/mol. The molecule has 10 aliphatic heterocycles. The van der Waals surface area contributed by atoms with Crippen molar-refractivity contribution in [1.82, 2.24) is 19.6 Å². The van der Waals surface area contributed by atoms with Crippen LogP contribution in [0.3, 0.4) is 0 Å². The number of anilines is 2. The smallest absolute Gasteiger partial charge is 0.265 e. The lowest BCUT2D eigenvalue weighted by atomic mass is 9.54. The second-order valence-corrected chi connectivity index (χ2v) is 19.3. The van der Waals surface area contributed by atoms with E-state index in [-0.39, 0.29) is 30.0 Å². The van der Waals surface area contributed by atoms with Crippen molar-refractivity contribution in [2.45, 2.75) is 75.4 Å². The molecule has 4 amide bonds. The zero-order valence-corrected chi connectivity index (χ0v) is 28.5. The van der Waals surface area contributed by atoms with Crippen LogP contribution in [0, 0.1) is 0 Å². The molecular weight excluding hydrogens is 665 g/mol. The molecule has 9 atom stereocenters. The van der Waals surface area contributed by atoms with Gasteiger partial charge < -0.3 is 25.5 Å². The van der Waals surface area contributed by atoms with E-state index >= 15 is 0 Å². The van der Waals surface area contributed by atoms with Crippen molar-refractivity contribution in [2.75, 3.05) is 24.7 Å². The van der Waals surface area contributed by atoms with Crippen LogP contribution < -0.4 is 10.6 Å². The highest BCUT2D eigenvalue weighted by molar-refractivity contribution is 8.78. The van der Waals surface area contributed by atoms with Gasteiger partial charge in [0.15, 0.2) is 14.6 Å². The minimum absolute atomic E-state index is 0.113. The summed E-state index contributed by atoms with van der Waals surface area (Å²) in [7, 11) is 8.84. The number of nitrogens with one attached hydrogen (secondary N) is 2. The maximum absolute atomic E-state index is 14.9. The van der Waals surface area contributed by atoms with Crippen LogP contribution in [0.1, 0.15) is 37.8 Å². The Morgan fingerprint density at radius 1 is 0.717 bits per heavy atom. The fraction of sp³-hybridized carbons (Fsp3) is 0.484. The molecule has 238 valence electrons. The molecule has 0 aromatic heterocycles. The van der Waals surface area contributed by atoms with Gasteiger partial charge in [0.1, 0.15) is 12.3 Å². The van der Waals surface area contributed by atoms with Crippen molar-refractivity contribution in [3.63, 3.8) is 0 Å². The SMILES string of the molecule is C[C@H](O)[C@]12SS[C@@]3(C[C@]4([C@]56C[C@@]78SS[C@@](C)(C(=O)N7[C@H]5Nc5ccccc56)N(C)C8=O)c5ccccc5N[C@@H]4N3C1=O)C(=O)N2C. The maximum atomic E-state index is 14.9. The molecule has 0 unspecified atom stereocenters. The summed E-state index contributed by atoms with van der Waals surface area (Å²) in [4.78, 5) is 60.3. The van der Waals surface area contributed by atoms with Crippen LogP contribution in [0.15, 0.2) is 48.5 Å². The number of hydrogen-bond donors (Lipinski definition) is 3. The van der Waals surface area contributed by atoms with E-state index in [2.05, 4.69) is 22.8 Å². The zero-order chi connectivity index (χ0) is 32.0. The second-order valence-electron chi connectivity index (χ2n) is 13.8. The van der Waals surface area contributed by atoms with E-state index in [4.69, 9.17) is 0 Å². The standard InChI is InChI=1S/C31H30N6O5S4/c1-15(38)31-25(42)37-21-28(17-10-6-8-12-19(17)33-21,14-30(37,45-46-31)24(41)35(31)4)27-13-29-23(40)34(3)26(2,43-44-29)22(39)36(29)20(27)32-18-11-7-5-9-16(18)27/h5-12,15,20-21,32-33,38H,13-14H2,1-4H3/t15-,20+,21+,26-,27-,28-,29-,30-,31-/m0/s1. The van der Waals surface area contributed by atoms with Crippen LogP contribution in [0.25, 0.3) is 0 Å². The molecule has 12 rings (SSSR count). The summed E-state index contributed by atoms with van der Waals surface area (Å²) in [6.07, 6.45) is -1.88. The Bertz CT molecular complexity index is 1880. The number of benzene rings is 2. The van der Waals surface area contributed by atoms with Crippen LogP contribution in [0.4, 0.5) is 11.4 Å². The van der Waals surface area contributed by atoms with E-state index in [0.717, 1.165) is 22.5 Å². The Kier molecular flexibility index (Phi) is 4.99. The van der Waals surface area contributed by atoms with Crippen molar-refractivity contribution in [3.8, 4) is 0 Å². The molecule has 2 aromatic carbocycles. The number of para-hydroxylation sites is 2. The van der Waals surface area contributed by atoms with Crippen LogP contribution >= 0.6 is 43.2 Å². The number of carbonyl (C=O) groups excluding carboxylic acids is 4. The Hall–Kier alpha value is -2.72. The highest BCUT2D eigenvalue weighted by Gasteiger charge is 2.87. The van der Waals surface area contributed by atoms with Crippen molar-refractivity contribution >= 4 is 78.2 Å². The fourth-order valence-electron chi connectivity index (χ4n) is 10.1. The molecule has 8 fully saturated rings. The van der Waals surface area contributed by atoms with Gasteiger partial charge in [-0.05, 0) is 47.9 Å². The molecule has 2 spiro atoms. The quantitative estimate of drug-likeness (QED) is 0.402. The Morgan fingerprint density at radius 2 is 1.20 bits per heavy atom. The molecule has 0 aliphatic carbocycles. The number of amides is 4. The van der Waals surface area contributed by atoms with Gasteiger partial charge in [-0.2, -0.15) is 0 Å². The largest absolute Gasteiger partial charge is 0.389 e. The van der Waals surface area contributed by atoms with Crippen LogP contribution in [0.2, 0.25) is 0 Å². The van der Waals surface area contributed by atoms with Crippen molar-refractivity contribution in [1.29, 1.82) is 0 Å². The lowest BCUT2D eigenvalue weighted by Crippen LogP contribution is -2.78. The highest BCUT2D eigenvalue weighted by atomic mass is 33.1. The third kappa shape index (κ3) is 2.48. The van der Waals surface area contributed by atoms with Gasteiger partial charge in [-0.1, -0.05) is 68.8 Å². The normalized spacial score (nSPS) is 44.5. The molecular formula is C31H30N6O5S4. The average Bonchev–Trinajstić information content (AvgIpc) is 3.72. The van der Waals surface area contributed by atoms with Crippen LogP contribution in [-0.4, -0.2) is 100 Å². The summed E-state index contributed by atoms with van der Waals surface area (Å²) in [5, 5.41) is 18.6. The van der Waals surface area contributed by atoms with E-state index in [1.54, 1.807) is 30.8 Å². The Balaban J connectivity index is 1.30. The number of rotatable bonds is 2. The number of aliphatic hydroxyl groups excluding tert-OH is 1. The number of likely N-dealkylation sites (N-methyl/N-ethyl adjacent to an activating group) is 2. The van der Waals surface area contributed by atoms with Gasteiger partial charge in [0.25, 0.3) is 23.6 Å². The molecule has 2 aromatic rings. The topological polar surface area (TPSA) is 126 Å². The molecule has 4 bridgehead atoms. The third-order valence-corrected chi connectivity index (χ3v) is 19.7. The van der Waals surface area contributed by atoms with Crippen molar-refractivity contribution in [2.24, 2.45) is 0 Å². The summed E-state index contributed by atoms with van der Waals surface area (Å²) in [5.74, 6) is -0.779. The summed E-state index contributed by atoms with van der Waals surface area (Å²) in [6.45, 7) is 3.38. The first-order chi connectivity index (χ1) is 21.9. The summed E-state index contributed by atoms with van der Waals surface area (Å²) in [5.41, 5.74) is 1.77. The monoisotopic (exact) mass is 694 g/mol. The van der Waals surface area contributed by atoms with Crippen LogP contribution in [0.5, 0.6) is 0 Å². The van der Waals surface area contributed by atoms with Gasteiger partial charge >= 0.3 is 0 Å². The molecule has 46 heavy (non-hydrogen) atoms. The van der Waals surface area contributed by atoms with Gasteiger partial charge in [-0.3, -0.25) is 29.0 Å². The van der Waals surface area contributed by atoms with E-state index < -0.39 is 48.7 Å². The first kappa shape index (κ1) is 28.3. The van der Waals surface area contributed by atoms with E-state index in [1.807, 2.05) is 48.2 Å². The van der Waals surface area contributed by atoms with E-state index in [9.17, 15) is 24.3 Å².